The molecular weight excluding hydrogens is 196 g/mol. The van der Waals surface area contributed by atoms with E-state index in [1.165, 1.54) is 38.5 Å². The van der Waals surface area contributed by atoms with Gasteiger partial charge in [-0.1, -0.05) is 45.6 Å². The lowest BCUT2D eigenvalue weighted by Gasteiger charge is -2.14. The summed E-state index contributed by atoms with van der Waals surface area (Å²) in [4.78, 5) is 0. The van der Waals surface area contributed by atoms with Crippen molar-refractivity contribution in [3.63, 3.8) is 0 Å². The SMILES string of the molecule is C=CCCCCCCC[C@H]1C[C@@]1(O)C(C)C. The van der Waals surface area contributed by atoms with Crippen LogP contribution in [0.25, 0.3) is 0 Å². The summed E-state index contributed by atoms with van der Waals surface area (Å²) >= 11 is 0. The molecule has 0 amide bonds. The minimum absolute atomic E-state index is 0.303. The van der Waals surface area contributed by atoms with Crippen LogP contribution in [-0.4, -0.2) is 10.7 Å². The van der Waals surface area contributed by atoms with E-state index in [1.54, 1.807) is 0 Å². The van der Waals surface area contributed by atoms with Crippen LogP contribution >= 0.6 is 0 Å². The van der Waals surface area contributed by atoms with Gasteiger partial charge < -0.3 is 5.11 Å². The van der Waals surface area contributed by atoms with Gasteiger partial charge in [0.05, 0.1) is 5.60 Å². The first-order chi connectivity index (χ1) is 7.61. The molecule has 1 aliphatic carbocycles. The van der Waals surface area contributed by atoms with Gasteiger partial charge in [0.2, 0.25) is 0 Å². The highest BCUT2D eigenvalue weighted by Gasteiger charge is 2.53. The number of rotatable bonds is 9. The molecule has 16 heavy (non-hydrogen) atoms. The van der Waals surface area contributed by atoms with Gasteiger partial charge in [-0.3, -0.25) is 0 Å². The van der Waals surface area contributed by atoms with Crippen molar-refractivity contribution >= 4 is 0 Å². The summed E-state index contributed by atoms with van der Waals surface area (Å²) in [6.45, 7) is 8.00. The zero-order valence-electron chi connectivity index (χ0n) is 11.0. The maximum absolute atomic E-state index is 10.1. The topological polar surface area (TPSA) is 20.2 Å². The molecule has 1 nitrogen and oxygen atoms in total. The summed E-state index contributed by atoms with van der Waals surface area (Å²) in [6.07, 6.45) is 12.1. The van der Waals surface area contributed by atoms with E-state index >= 15 is 0 Å². The molecule has 0 spiro atoms. The van der Waals surface area contributed by atoms with Crippen molar-refractivity contribution in [2.75, 3.05) is 0 Å². The van der Waals surface area contributed by atoms with Gasteiger partial charge in [-0.05, 0) is 37.5 Å². The van der Waals surface area contributed by atoms with E-state index in [0.29, 0.717) is 11.8 Å². The maximum atomic E-state index is 10.1. The Balaban J connectivity index is 1.92. The fraction of sp³-hybridized carbons (Fsp3) is 0.867. The average Bonchev–Trinajstić information content (AvgIpc) is 2.90. The first kappa shape index (κ1) is 13.8. The second kappa shape index (κ2) is 6.44. The van der Waals surface area contributed by atoms with E-state index in [1.807, 2.05) is 6.08 Å². The van der Waals surface area contributed by atoms with Gasteiger partial charge in [0.15, 0.2) is 0 Å². The standard InChI is InChI=1S/C15H28O/c1-4-5-6-7-8-9-10-11-14-12-15(14,16)13(2)3/h4,13-14,16H,1,5-12H2,2-3H3/t14-,15+/m0/s1. The lowest BCUT2D eigenvalue weighted by Crippen LogP contribution is -2.19. The van der Waals surface area contributed by atoms with Crippen LogP contribution in [-0.2, 0) is 0 Å². The Morgan fingerprint density at radius 2 is 1.88 bits per heavy atom. The summed E-state index contributed by atoms with van der Waals surface area (Å²) < 4.78 is 0. The van der Waals surface area contributed by atoms with Gasteiger partial charge in [0.1, 0.15) is 0 Å². The fourth-order valence-corrected chi connectivity index (χ4v) is 2.60. The number of aliphatic hydroxyl groups is 1. The zero-order valence-corrected chi connectivity index (χ0v) is 11.0. The van der Waals surface area contributed by atoms with Crippen molar-refractivity contribution in [2.45, 2.75) is 70.8 Å². The zero-order chi connectivity index (χ0) is 12.0. The summed E-state index contributed by atoms with van der Waals surface area (Å²) in [7, 11) is 0. The Bertz CT molecular complexity index is 209. The van der Waals surface area contributed by atoms with Gasteiger partial charge in [-0.2, -0.15) is 0 Å². The quantitative estimate of drug-likeness (QED) is 0.457. The van der Waals surface area contributed by atoms with Gasteiger partial charge in [0.25, 0.3) is 0 Å². The molecule has 0 saturated heterocycles. The molecule has 0 unspecified atom stereocenters. The van der Waals surface area contributed by atoms with Gasteiger partial charge in [0, 0.05) is 0 Å². The number of hydrogen-bond acceptors (Lipinski definition) is 1. The highest BCUT2D eigenvalue weighted by molar-refractivity contribution is 5.04. The van der Waals surface area contributed by atoms with E-state index in [-0.39, 0.29) is 5.60 Å². The van der Waals surface area contributed by atoms with E-state index in [2.05, 4.69) is 20.4 Å². The van der Waals surface area contributed by atoms with Crippen LogP contribution in [0, 0.1) is 11.8 Å². The number of allylic oxidation sites excluding steroid dienone is 1. The molecule has 1 aliphatic rings. The van der Waals surface area contributed by atoms with Crippen LogP contribution in [0.4, 0.5) is 0 Å². The normalized spacial score (nSPS) is 28.4. The van der Waals surface area contributed by atoms with Crippen molar-refractivity contribution in [1.29, 1.82) is 0 Å². The Labute approximate surface area is 101 Å². The molecule has 0 bridgehead atoms. The molecule has 2 atom stereocenters. The minimum Gasteiger partial charge on any atom is -0.389 e. The van der Waals surface area contributed by atoms with Crippen molar-refractivity contribution < 1.29 is 5.11 Å². The molecule has 1 heteroatoms. The van der Waals surface area contributed by atoms with Crippen LogP contribution in [0.1, 0.15) is 65.2 Å². The van der Waals surface area contributed by atoms with Crippen LogP contribution in [0.5, 0.6) is 0 Å². The summed E-state index contributed by atoms with van der Waals surface area (Å²) in [5.74, 6) is 1.03. The fourth-order valence-electron chi connectivity index (χ4n) is 2.60. The molecule has 1 rings (SSSR count). The van der Waals surface area contributed by atoms with E-state index in [4.69, 9.17) is 0 Å². The first-order valence-corrected chi connectivity index (χ1v) is 6.94. The third kappa shape index (κ3) is 3.93. The molecule has 1 N–H and O–H groups in total. The predicted molar refractivity (Wildman–Crippen MR) is 70.4 cm³/mol. The first-order valence-electron chi connectivity index (χ1n) is 6.94. The molecule has 0 aromatic carbocycles. The maximum Gasteiger partial charge on any atom is 0.0703 e. The molecular formula is C15H28O. The summed E-state index contributed by atoms with van der Waals surface area (Å²) in [5.41, 5.74) is -0.303. The summed E-state index contributed by atoms with van der Waals surface area (Å²) in [5, 5.41) is 10.1. The number of unbranched alkanes of at least 4 members (excludes halogenated alkanes) is 5. The van der Waals surface area contributed by atoms with Crippen LogP contribution < -0.4 is 0 Å². The van der Waals surface area contributed by atoms with Crippen molar-refractivity contribution in [3.05, 3.63) is 12.7 Å². The van der Waals surface area contributed by atoms with E-state index in [9.17, 15) is 5.11 Å². The average molecular weight is 224 g/mol. The monoisotopic (exact) mass is 224 g/mol. The third-order valence-electron chi connectivity index (χ3n) is 4.08. The van der Waals surface area contributed by atoms with E-state index in [0.717, 1.165) is 12.8 Å². The highest BCUT2D eigenvalue weighted by atomic mass is 16.3. The predicted octanol–water partition coefficient (Wildman–Crippen LogP) is 4.31. The molecule has 1 saturated carbocycles. The van der Waals surface area contributed by atoms with Crippen molar-refractivity contribution in [1.82, 2.24) is 0 Å². The molecule has 0 aromatic rings. The molecule has 0 radical (unpaired) electrons. The van der Waals surface area contributed by atoms with Crippen molar-refractivity contribution in [3.8, 4) is 0 Å². The van der Waals surface area contributed by atoms with Crippen molar-refractivity contribution in [2.24, 2.45) is 11.8 Å². The Morgan fingerprint density at radius 3 is 2.44 bits per heavy atom. The molecule has 0 aliphatic heterocycles. The van der Waals surface area contributed by atoms with Crippen LogP contribution in [0.2, 0.25) is 0 Å². The Morgan fingerprint density at radius 1 is 1.25 bits per heavy atom. The van der Waals surface area contributed by atoms with Crippen LogP contribution in [0.15, 0.2) is 12.7 Å². The molecule has 0 aromatic heterocycles. The van der Waals surface area contributed by atoms with Gasteiger partial charge >= 0.3 is 0 Å². The van der Waals surface area contributed by atoms with E-state index < -0.39 is 0 Å². The lowest BCUT2D eigenvalue weighted by atomic mass is 9.99. The second-order valence-electron chi connectivity index (χ2n) is 5.68. The minimum atomic E-state index is -0.303. The molecule has 1 fully saturated rings. The Kier molecular flexibility index (Phi) is 5.54. The highest BCUT2D eigenvalue weighted by Crippen LogP contribution is 2.51. The Hall–Kier alpha value is -0.300. The largest absolute Gasteiger partial charge is 0.389 e. The lowest BCUT2D eigenvalue weighted by molar-refractivity contribution is 0.0796. The summed E-state index contributed by atoms with van der Waals surface area (Å²) in [6, 6.07) is 0. The number of hydrogen-bond donors (Lipinski definition) is 1. The molecule has 0 heterocycles. The van der Waals surface area contributed by atoms with Crippen LogP contribution in [0.3, 0.4) is 0 Å². The smallest absolute Gasteiger partial charge is 0.0703 e. The second-order valence-corrected chi connectivity index (χ2v) is 5.68. The van der Waals surface area contributed by atoms with Gasteiger partial charge in [-0.25, -0.2) is 0 Å². The molecule has 94 valence electrons. The van der Waals surface area contributed by atoms with Gasteiger partial charge in [-0.15, -0.1) is 6.58 Å². The third-order valence-corrected chi connectivity index (χ3v) is 4.08.